The molecule has 3 nitrogen and oxygen atoms in total. The number of rotatable bonds is 0. The molecule has 2 aliphatic rings. The summed E-state index contributed by atoms with van der Waals surface area (Å²) in [6.07, 6.45) is 1.55. The normalized spacial score (nSPS) is 18.1. The molecule has 0 radical (unpaired) electrons. The number of ether oxygens (including phenoxy) is 1. The number of benzene rings is 1. The van der Waals surface area contributed by atoms with Gasteiger partial charge < -0.3 is 10.1 Å². The van der Waals surface area contributed by atoms with Crippen LogP contribution in [0.4, 0.5) is 5.69 Å². The maximum Gasteiger partial charge on any atom is 0.166 e. The summed E-state index contributed by atoms with van der Waals surface area (Å²) in [6, 6.07) is 3.92. The maximum absolute atomic E-state index is 11.6. The minimum Gasteiger partial charge on any atom is -0.491 e. The number of carbonyl (C=O) groups is 1. The number of nitrogens with one attached hydrogen (secondary N) is 1. The first-order chi connectivity index (χ1) is 6.86. The molecule has 1 N–H and O–H groups in total. The topological polar surface area (TPSA) is 38.3 Å². The Balaban J connectivity index is 2.22. The Morgan fingerprint density at radius 3 is 3.14 bits per heavy atom. The van der Waals surface area contributed by atoms with Gasteiger partial charge in [0.15, 0.2) is 5.78 Å². The van der Waals surface area contributed by atoms with Crippen molar-refractivity contribution >= 4 is 11.5 Å². The summed E-state index contributed by atoms with van der Waals surface area (Å²) in [4.78, 5) is 11.6. The smallest absolute Gasteiger partial charge is 0.166 e. The van der Waals surface area contributed by atoms with E-state index < -0.39 is 0 Å². The van der Waals surface area contributed by atoms with E-state index in [9.17, 15) is 4.79 Å². The average Bonchev–Trinajstić information content (AvgIpc) is 2.66. The predicted molar refractivity (Wildman–Crippen MR) is 53.1 cm³/mol. The van der Waals surface area contributed by atoms with Gasteiger partial charge in [-0.15, -0.1) is 0 Å². The summed E-state index contributed by atoms with van der Waals surface area (Å²) >= 11 is 0. The first kappa shape index (κ1) is 7.85. The van der Waals surface area contributed by atoms with Crippen LogP contribution in [0, 0.1) is 0 Å². The predicted octanol–water partition coefficient (Wildman–Crippen LogP) is 1.62. The second-order valence-electron chi connectivity index (χ2n) is 3.67. The van der Waals surface area contributed by atoms with Crippen LogP contribution in [0.25, 0.3) is 0 Å². The first-order valence-corrected chi connectivity index (χ1v) is 4.92. The molecule has 72 valence electrons. The minimum absolute atomic E-state index is 0.219. The van der Waals surface area contributed by atoms with Gasteiger partial charge in [-0.05, 0) is 11.6 Å². The van der Waals surface area contributed by atoms with Gasteiger partial charge in [-0.25, -0.2) is 0 Å². The lowest BCUT2D eigenvalue weighted by molar-refractivity contribution is 0.0983. The van der Waals surface area contributed by atoms with Crippen molar-refractivity contribution in [2.75, 3.05) is 18.5 Å². The molecular formula is C11H11NO2. The van der Waals surface area contributed by atoms with Crippen LogP contribution >= 0.6 is 0 Å². The Hall–Kier alpha value is -1.51. The molecule has 1 aromatic carbocycles. The lowest BCUT2D eigenvalue weighted by atomic mass is 9.99. The zero-order chi connectivity index (χ0) is 9.54. The van der Waals surface area contributed by atoms with Crippen molar-refractivity contribution in [3.8, 4) is 5.75 Å². The minimum atomic E-state index is 0.219. The molecule has 0 fully saturated rings. The maximum atomic E-state index is 11.6. The molecule has 2 aliphatic heterocycles. The van der Waals surface area contributed by atoms with E-state index in [1.165, 1.54) is 5.56 Å². The van der Waals surface area contributed by atoms with Gasteiger partial charge >= 0.3 is 0 Å². The Bertz CT molecular complexity index is 412. The van der Waals surface area contributed by atoms with Crippen molar-refractivity contribution in [3.63, 3.8) is 0 Å². The number of Topliss-reactive ketones (excluding diaryl/α,β-unsaturated/α-hetero) is 1. The molecule has 0 saturated heterocycles. The van der Waals surface area contributed by atoms with Gasteiger partial charge in [-0.2, -0.15) is 0 Å². The molecule has 3 rings (SSSR count). The highest BCUT2D eigenvalue weighted by Crippen LogP contribution is 2.38. The Labute approximate surface area is 82.1 Å². The third kappa shape index (κ3) is 0.953. The molecule has 0 bridgehead atoms. The number of carbonyl (C=O) groups excluding carboxylic acids is 1. The van der Waals surface area contributed by atoms with Crippen molar-refractivity contribution in [2.45, 2.75) is 12.8 Å². The van der Waals surface area contributed by atoms with Gasteiger partial charge in [0.2, 0.25) is 0 Å². The first-order valence-electron chi connectivity index (χ1n) is 4.92. The number of fused-ring (bicyclic) bond motifs is 3. The van der Waals surface area contributed by atoms with Gasteiger partial charge in [-0.3, -0.25) is 4.79 Å². The average molecular weight is 189 g/mol. The van der Waals surface area contributed by atoms with Crippen LogP contribution in [0.15, 0.2) is 12.1 Å². The van der Waals surface area contributed by atoms with Crippen molar-refractivity contribution in [3.05, 3.63) is 23.3 Å². The molecule has 14 heavy (non-hydrogen) atoms. The fourth-order valence-electron chi connectivity index (χ4n) is 2.09. The van der Waals surface area contributed by atoms with Crippen LogP contribution in [0.1, 0.15) is 22.3 Å². The van der Waals surface area contributed by atoms with Gasteiger partial charge in [0.1, 0.15) is 5.75 Å². The van der Waals surface area contributed by atoms with Crippen LogP contribution in [0.2, 0.25) is 0 Å². The highest BCUT2D eigenvalue weighted by molar-refractivity contribution is 6.04. The Morgan fingerprint density at radius 2 is 2.21 bits per heavy atom. The van der Waals surface area contributed by atoms with Gasteiger partial charge in [0.25, 0.3) is 0 Å². The molecule has 2 heterocycles. The van der Waals surface area contributed by atoms with E-state index in [4.69, 9.17) is 4.74 Å². The molecule has 0 saturated carbocycles. The van der Waals surface area contributed by atoms with Crippen LogP contribution < -0.4 is 10.1 Å². The van der Waals surface area contributed by atoms with Crippen LogP contribution in [0.5, 0.6) is 5.75 Å². The lowest BCUT2D eigenvalue weighted by Gasteiger charge is -2.19. The molecule has 1 aromatic rings. The van der Waals surface area contributed by atoms with Crippen molar-refractivity contribution in [2.24, 2.45) is 0 Å². The number of ketones is 1. The van der Waals surface area contributed by atoms with E-state index in [-0.39, 0.29) is 5.78 Å². The monoisotopic (exact) mass is 189 g/mol. The molecule has 0 unspecified atom stereocenters. The van der Waals surface area contributed by atoms with Crippen LogP contribution in [-0.4, -0.2) is 18.9 Å². The highest BCUT2D eigenvalue weighted by Gasteiger charge is 2.24. The van der Waals surface area contributed by atoms with Crippen molar-refractivity contribution in [1.29, 1.82) is 0 Å². The number of hydrogen-bond donors (Lipinski definition) is 1. The Morgan fingerprint density at radius 1 is 1.29 bits per heavy atom. The summed E-state index contributed by atoms with van der Waals surface area (Å²) < 4.78 is 5.53. The van der Waals surface area contributed by atoms with E-state index in [0.717, 1.165) is 36.6 Å². The third-order valence-corrected chi connectivity index (χ3v) is 2.81. The highest BCUT2D eigenvalue weighted by atomic mass is 16.5. The Kier molecular flexibility index (Phi) is 1.54. The summed E-state index contributed by atoms with van der Waals surface area (Å²) in [6.45, 7) is 1.47. The van der Waals surface area contributed by atoms with Crippen molar-refractivity contribution in [1.82, 2.24) is 0 Å². The summed E-state index contributed by atoms with van der Waals surface area (Å²) in [5.41, 5.74) is 2.92. The third-order valence-electron chi connectivity index (χ3n) is 2.81. The molecule has 0 amide bonds. The SMILES string of the molecule is O=C1CCNc2c1ccc1c2OCC1. The van der Waals surface area contributed by atoms with Gasteiger partial charge in [0.05, 0.1) is 12.3 Å². The number of anilines is 1. The molecular weight excluding hydrogens is 178 g/mol. The zero-order valence-corrected chi connectivity index (χ0v) is 7.80. The van der Waals surface area contributed by atoms with E-state index in [2.05, 4.69) is 5.32 Å². The van der Waals surface area contributed by atoms with E-state index in [1.807, 2.05) is 12.1 Å². The fourth-order valence-corrected chi connectivity index (χ4v) is 2.09. The van der Waals surface area contributed by atoms with E-state index in [1.54, 1.807) is 0 Å². The van der Waals surface area contributed by atoms with Gasteiger partial charge in [0, 0.05) is 24.9 Å². The summed E-state index contributed by atoms with van der Waals surface area (Å²) in [7, 11) is 0. The second-order valence-corrected chi connectivity index (χ2v) is 3.67. The van der Waals surface area contributed by atoms with Crippen LogP contribution in [-0.2, 0) is 6.42 Å². The molecule has 0 spiro atoms. The summed E-state index contributed by atoms with van der Waals surface area (Å²) in [5.74, 6) is 1.12. The van der Waals surface area contributed by atoms with E-state index >= 15 is 0 Å². The quantitative estimate of drug-likeness (QED) is 0.674. The molecule has 0 aliphatic carbocycles. The lowest BCUT2D eigenvalue weighted by Crippen LogP contribution is -2.18. The number of hydrogen-bond acceptors (Lipinski definition) is 3. The van der Waals surface area contributed by atoms with Crippen molar-refractivity contribution < 1.29 is 9.53 Å². The zero-order valence-electron chi connectivity index (χ0n) is 7.80. The van der Waals surface area contributed by atoms with Gasteiger partial charge in [-0.1, -0.05) is 6.07 Å². The van der Waals surface area contributed by atoms with Crippen LogP contribution in [0.3, 0.4) is 0 Å². The second kappa shape index (κ2) is 2.74. The molecule has 0 aromatic heterocycles. The van der Waals surface area contributed by atoms with E-state index in [0.29, 0.717) is 6.42 Å². The standard InChI is InChI=1S/C11H11NO2/c13-9-3-5-12-10-8(9)2-1-7-4-6-14-11(7)10/h1-2,12H,3-6H2. The summed E-state index contributed by atoms with van der Waals surface area (Å²) in [5, 5.41) is 3.25. The fraction of sp³-hybridized carbons (Fsp3) is 0.364. The molecule has 0 atom stereocenters. The molecule has 3 heteroatoms. The largest absolute Gasteiger partial charge is 0.491 e.